The summed E-state index contributed by atoms with van der Waals surface area (Å²) in [6.07, 6.45) is 3.36. The van der Waals surface area contributed by atoms with Crippen molar-refractivity contribution in [2.24, 2.45) is 7.05 Å². The molecule has 2 unspecified atom stereocenters. The average molecular weight is 245 g/mol. The van der Waals surface area contributed by atoms with E-state index in [2.05, 4.69) is 17.3 Å². The summed E-state index contributed by atoms with van der Waals surface area (Å²) < 4.78 is 1.79. The second kappa shape index (κ2) is 5.23. The maximum atomic E-state index is 9.74. The lowest BCUT2D eigenvalue weighted by atomic mass is 10.1. The lowest BCUT2D eigenvalue weighted by molar-refractivity contribution is 0.200. The standard InChI is InChI=1S/C14H19N3O/c1-10(12-8-15-17(3)9-12)16-14-7-5-4-6-13(14)11(2)18/h4-11,16,18H,1-3H3. The smallest absolute Gasteiger partial charge is 0.0781 e. The van der Waals surface area contributed by atoms with Crippen molar-refractivity contribution in [2.45, 2.75) is 26.0 Å². The van der Waals surface area contributed by atoms with Crippen molar-refractivity contribution in [3.05, 3.63) is 47.8 Å². The molecule has 2 atom stereocenters. The fourth-order valence-electron chi connectivity index (χ4n) is 1.97. The number of aliphatic hydroxyl groups is 1. The molecule has 0 aliphatic heterocycles. The molecule has 0 fully saturated rings. The van der Waals surface area contributed by atoms with E-state index < -0.39 is 6.10 Å². The van der Waals surface area contributed by atoms with Crippen molar-refractivity contribution in [3.63, 3.8) is 0 Å². The Bertz CT molecular complexity index is 519. The predicted molar refractivity (Wildman–Crippen MR) is 72.3 cm³/mol. The molecule has 0 spiro atoms. The van der Waals surface area contributed by atoms with Gasteiger partial charge in [0.2, 0.25) is 0 Å². The molecule has 0 aliphatic carbocycles. The number of nitrogens with one attached hydrogen (secondary N) is 1. The molecule has 1 heterocycles. The minimum absolute atomic E-state index is 0.151. The number of aryl methyl sites for hydroxylation is 1. The van der Waals surface area contributed by atoms with Gasteiger partial charge in [-0.2, -0.15) is 5.10 Å². The van der Waals surface area contributed by atoms with Gasteiger partial charge in [-0.25, -0.2) is 0 Å². The topological polar surface area (TPSA) is 50.1 Å². The Morgan fingerprint density at radius 3 is 2.61 bits per heavy atom. The molecule has 0 aliphatic rings. The fraction of sp³-hybridized carbons (Fsp3) is 0.357. The third-order valence-electron chi connectivity index (χ3n) is 3.01. The summed E-state index contributed by atoms with van der Waals surface area (Å²) in [5.41, 5.74) is 3.00. The SMILES string of the molecule is CC(O)c1ccccc1NC(C)c1cnn(C)c1. The molecule has 4 nitrogen and oxygen atoms in total. The van der Waals surface area contributed by atoms with Crippen LogP contribution in [0.1, 0.15) is 37.1 Å². The lowest BCUT2D eigenvalue weighted by Gasteiger charge is -2.18. The molecule has 0 radical (unpaired) electrons. The van der Waals surface area contributed by atoms with Crippen LogP contribution in [0.2, 0.25) is 0 Å². The number of hydrogen-bond donors (Lipinski definition) is 2. The van der Waals surface area contributed by atoms with E-state index in [0.29, 0.717) is 0 Å². The molecule has 0 amide bonds. The Morgan fingerprint density at radius 2 is 2.00 bits per heavy atom. The number of para-hydroxylation sites is 1. The van der Waals surface area contributed by atoms with Gasteiger partial charge in [0.05, 0.1) is 18.3 Å². The van der Waals surface area contributed by atoms with Gasteiger partial charge in [0.25, 0.3) is 0 Å². The van der Waals surface area contributed by atoms with Gasteiger partial charge in [0.15, 0.2) is 0 Å². The van der Waals surface area contributed by atoms with Crippen LogP contribution in [0.4, 0.5) is 5.69 Å². The van der Waals surface area contributed by atoms with Crippen molar-refractivity contribution in [1.29, 1.82) is 0 Å². The van der Waals surface area contributed by atoms with E-state index in [-0.39, 0.29) is 6.04 Å². The minimum Gasteiger partial charge on any atom is -0.389 e. The van der Waals surface area contributed by atoms with Crippen LogP contribution in [0.5, 0.6) is 0 Å². The van der Waals surface area contributed by atoms with Crippen LogP contribution < -0.4 is 5.32 Å². The molecular formula is C14H19N3O. The van der Waals surface area contributed by atoms with E-state index >= 15 is 0 Å². The second-order valence-corrected chi connectivity index (χ2v) is 4.58. The first kappa shape index (κ1) is 12.6. The summed E-state index contributed by atoms with van der Waals surface area (Å²) in [5.74, 6) is 0. The molecule has 1 aromatic heterocycles. The van der Waals surface area contributed by atoms with Crippen LogP contribution in [0.25, 0.3) is 0 Å². The highest BCUT2D eigenvalue weighted by molar-refractivity contribution is 5.53. The summed E-state index contributed by atoms with van der Waals surface area (Å²) >= 11 is 0. The van der Waals surface area contributed by atoms with E-state index in [0.717, 1.165) is 16.8 Å². The van der Waals surface area contributed by atoms with Crippen LogP contribution >= 0.6 is 0 Å². The second-order valence-electron chi connectivity index (χ2n) is 4.58. The molecule has 2 rings (SSSR count). The third kappa shape index (κ3) is 2.71. The van der Waals surface area contributed by atoms with Crippen LogP contribution in [0, 0.1) is 0 Å². The Labute approximate surface area is 107 Å². The number of aliphatic hydroxyl groups excluding tert-OH is 1. The summed E-state index contributed by atoms with van der Waals surface area (Å²) in [7, 11) is 1.90. The van der Waals surface area contributed by atoms with Gasteiger partial charge < -0.3 is 10.4 Å². The van der Waals surface area contributed by atoms with Crippen molar-refractivity contribution in [1.82, 2.24) is 9.78 Å². The molecular weight excluding hydrogens is 226 g/mol. The van der Waals surface area contributed by atoms with Gasteiger partial charge >= 0.3 is 0 Å². The summed E-state index contributed by atoms with van der Waals surface area (Å²) in [6, 6.07) is 7.96. The fourth-order valence-corrected chi connectivity index (χ4v) is 1.97. The molecule has 0 bridgehead atoms. The molecule has 18 heavy (non-hydrogen) atoms. The number of anilines is 1. The maximum absolute atomic E-state index is 9.74. The molecule has 96 valence electrons. The highest BCUT2D eigenvalue weighted by Gasteiger charge is 2.11. The minimum atomic E-state index is -0.477. The highest BCUT2D eigenvalue weighted by atomic mass is 16.3. The number of rotatable bonds is 4. The first-order chi connectivity index (χ1) is 8.58. The Kier molecular flexibility index (Phi) is 3.67. The molecule has 4 heteroatoms. The average Bonchev–Trinajstić information content (AvgIpc) is 2.76. The summed E-state index contributed by atoms with van der Waals surface area (Å²) in [6.45, 7) is 3.85. The summed E-state index contributed by atoms with van der Waals surface area (Å²) in [5, 5.41) is 17.3. The van der Waals surface area contributed by atoms with Crippen molar-refractivity contribution in [3.8, 4) is 0 Å². The number of nitrogens with zero attached hydrogens (tertiary/aromatic N) is 2. The molecule has 0 saturated carbocycles. The monoisotopic (exact) mass is 245 g/mol. The molecule has 0 saturated heterocycles. The summed E-state index contributed by atoms with van der Waals surface area (Å²) in [4.78, 5) is 0. The van der Waals surface area contributed by atoms with Gasteiger partial charge in [-0.3, -0.25) is 4.68 Å². The Hall–Kier alpha value is -1.81. The van der Waals surface area contributed by atoms with Crippen molar-refractivity contribution in [2.75, 3.05) is 5.32 Å². The number of benzene rings is 1. The zero-order chi connectivity index (χ0) is 13.1. The van der Waals surface area contributed by atoms with Gasteiger partial charge in [0, 0.05) is 30.1 Å². The largest absolute Gasteiger partial charge is 0.389 e. The van der Waals surface area contributed by atoms with Crippen LogP contribution in [0.3, 0.4) is 0 Å². The first-order valence-electron chi connectivity index (χ1n) is 6.10. The zero-order valence-electron chi connectivity index (χ0n) is 11.0. The highest BCUT2D eigenvalue weighted by Crippen LogP contribution is 2.26. The predicted octanol–water partition coefficient (Wildman–Crippen LogP) is 2.65. The van der Waals surface area contributed by atoms with Crippen LogP contribution in [-0.4, -0.2) is 14.9 Å². The van der Waals surface area contributed by atoms with E-state index in [1.165, 1.54) is 0 Å². The zero-order valence-corrected chi connectivity index (χ0v) is 11.0. The van der Waals surface area contributed by atoms with E-state index in [1.54, 1.807) is 11.6 Å². The van der Waals surface area contributed by atoms with E-state index in [4.69, 9.17) is 0 Å². The van der Waals surface area contributed by atoms with Gasteiger partial charge in [0.1, 0.15) is 0 Å². The number of aromatic nitrogens is 2. The van der Waals surface area contributed by atoms with Gasteiger partial charge in [-0.1, -0.05) is 18.2 Å². The molecule has 2 aromatic rings. The molecule has 1 aromatic carbocycles. The maximum Gasteiger partial charge on any atom is 0.0781 e. The Morgan fingerprint density at radius 1 is 1.28 bits per heavy atom. The third-order valence-corrected chi connectivity index (χ3v) is 3.01. The van der Waals surface area contributed by atoms with Crippen LogP contribution in [0.15, 0.2) is 36.7 Å². The first-order valence-corrected chi connectivity index (χ1v) is 6.10. The van der Waals surface area contributed by atoms with Crippen LogP contribution in [-0.2, 0) is 7.05 Å². The van der Waals surface area contributed by atoms with E-state index in [9.17, 15) is 5.11 Å². The van der Waals surface area contributed by atoms with Gasteiger partial charge in [-0.05, 0) is 19.9 Å². The number of hydrogen-bond acceptors (Lipinski definition) is 3. The Balaban J connectivity index is 2.19. The lowest BCUT2D eigenvalue weighted by Crippen LogP contribution is -2.08. The molecule has 2 N–H and O–H groups in total. The van der Waals surface area contributed by atoms with Gasteiger partial charge in [-0.15, -0.1) is 0 Å². The van der Waals surface area contributed by atoms with Crippen molar-refractivity contribution >= 4 is 5.69 Å². The quantitative estimate of drug-likeness (QED) is 0.870. The van der Waals surface area contributed by atoms with E-state index in [1.807, 2.05) is 43.7 Å². The normalized spacial score (nSPS) is 14.2. The van der Waals surface area contributed by atoms with Crippen molar-refractivity contribution < 1.29 is 5.11 Å².